The topological polar surface area (TPSA) is 109 Å². The Labute approximate surface area is 167 Å². The van der Waals surface area contributed by atoms with E-state index in [4.69, 9.17) is 11.6 Å². The van der Waals surface area contributed by atoms with E-state index in [9.17, 15) is 13.2 Å². The molecule has 0 spiro atoms. The molecule has 2 amide bonds. The van der Waals surface area contributed by atoms with Crippen LogP contribution in [0.2, 0.25) is 5.02 Å². The van der Waals surface area contributed by atoms with E-state index >= 15 is 0 Å². The summed E-state index contributed by atoms with van der Waals surface area (Å²) in [6, 6.07) is 11.2. The number of aromatic nitrogens is 3. The van der Waals surface area contributed by atoms with E-state index in [0.29, 0.717) is 34.8 Å². The molecule has 148 valence electrons. The third kappa shape index (κ3) is 4.24. The van der Waals surface area contributed by atoms with Crippen LogP contribution >= 0.6 is 11.6 Å². The molecular formula is C17H19ClN6O3S. The number of urea groups is 1. The van der Waals surface area contributed by atoms with E-state index in [0.717, 1.165) is 4.31 Å². The van der Waals surface area contributed by atoms with Gasteiger partial charge in [-0.2, -0.15) is 0 Å². The molecule has 0 saturated heterocycles. The lowest BCUT2D eigenvalue weighted by molar-refractivity contribution is 0.251. The number of carbonyl (C=O) groups is 1. The second-order valence-corrected chi connectivity index (χ2v) is 8.67. The van der Waals surface area contributed by atoms with Crippen LogP contribution in [0.3, 0.4) is 0 Å². The van der Waals surface area contributed by atoms with Gasteiger partial charge < -0.3 is 10.6 Å². The maximum absolute atomic E-state index is 12.2. The monoisotopic (exact) mass is 422 g/mol. The van der Waals surface area contributed by atoms with Gasteiger partial charge in [-0.15, -0.1) is 5.10 Å². The summed E-state index contributed by atoms with van der Waals surface area (Å²) < 4.78 is 27.2. The minimum absolute atomic E-state index is 0.147. The maximum atomic E-state index is 12.2. The van der Waals surface area contributed by atoms with Gasteiger partial charge >= 0.3 is 6.03 Å². The maximum Gasteiger partial charge on any atom is 0.319 e. The molecule has 0 fully saturated rings. The number of fused-ring (bicyclic) bond motifs is 1. The minimum Gasteiger partial charge on any atom is -0.336 e. The number of carbonyl (C=O) groups excluding carboxylic acids is 1. The number of hydrogen-bond acceptors (Lipinski definition) is 5. The van der Waals surface area contributed by atoms with E-state index < -0.39 is 16.1 Å². The van der Waals surface area contributed by atoms with E-state index in [-0.39, 0.29) is 4.90 Å². The van der Waals surface area contributed by atoms with Gasteiger partial charge in [0.1, 0.15) is 5.52 Å². The van der Waals surface area contributed by atoms with Crippen molar-refractivity contribution >= 4 is 44.4 Å². The normalized spacial score (nSPS) is 11.7. The number of halogens is 1. The van der Waals surface area contributed by atoms with Crippen LogP contribution in [0.5, 0.6) is 0 Å². The Bertz CT molecular complexity index is 1110. The average Bonchev–Trinajstić information content (AvgIpc) is 3.06. The number of rotatable bonds is 6. The second kappa shape index (κ2) is 8.13. The molecule has 11 heteroatoms. The molecule has 1 aromatic heterocycles. The van der Waals surface area contributed by atoms with Crippen LogP contribution in [0.25, 0.3) is 11.0 Å². The largest absolute Gasteiger partial charge is 0.336 e. The Balaban J connectivity index is 1.64. The number of hydrogen-bond donors (Lipinski definition) is 2. The van der Waals surface area contributed by atoms with Gasteiger partial charge in [-0.05, 0) is 30.3 Å². The van der Waals surface area contributed by atoms with Crippen LogP contribution < -0.4 is 10.6 Å². The smallest absolute Gasteiger partial charge is 0.319 e. The number of para-hydroxylation sites is 1. The van der Waals surface area contributed by atoms with Crippen LogP contribution in [0, 0.1) is 0 Å². The Morgan fingerprint density at radius 3 is 2.68 bits per heavy atom. The first kappa shape index (κ1) is 20.1. The summed E-state index contributed by atoms with van der Waals surface area (Å²) in [5.41, 5.74) is 1.65. The molecule has 0 bridgehead atoms. The first-order valence-corrected chi connectivity index (χ1v) is 10.2. The van der Waals surface area contributed by atoms with Crippen molar-refractivity contribution in [2.45, 2.75) is 11.4 Å². The highest BCUT2D eigenvalue weighted by atomic mass is 35.5. The fraction of sp³-hybridized carbons (Fsp3) is 0.235. The molecule has 0 aliphatic rings. The molecule has 0 radical (unpaired) electrons. The summed E-state index contributed by atoms with van der Waals surface area (Å²) in [6.07, 6.45) is 0. The molecule has 3 aromatic rings. The van der Waals surface area contributed by atoms with Crippen molar-refractivity contribution < 1.29 is 13.2 Å². The minimum atomic E-state index is -3.54. The number of nitrogens with zero attached hydrogens (tertiary/aromatic N) is 4. The van der Waals surface area contributed by atoms with E-state index in [2.05, 4.69) is 20.9 Å². The summed E-state index contributed by atoms with van der Waals surface area (Å²) in [5.74, 6) is 0. The third-order valence-electron chi connectivity index (χ3n) is 4.00. The molecule has 3 rings (SSSR count). The summed E-state index contributed by atoms with van der Waals surface area (Å²) in [6.45, 7) is 0.665. The van der Waals surface area contributed by atoms with Gasteiger partial charge in [0, 0.05) is 20.6 Å². The summed E-state index contributed by atoms with van der Waals surface area (Å²) >= 11 is 6.00. The van der Waals surface area contributed by atoms with Crippen molar-refractivity contribution in [1.29, 1.82) is 0 Å². The van der Waals surface area contributed by atoms with Gasteiger partial charge in [-0.25, -0.2) is 22.2 Å². The lowest BCUT2D eigenvalue weighted by atomic mass is 10.3. The Hall–Kier alpha value is -2.69. The lowest BCUT2D eigenvalue weighted by Crippen LogP contribution is -2.31. The van der Waals surface area contributed by atoms with Crippen LogP contribution in [0.1, 0.15) is 0 Å². The van der Waals surface area contributed by atoms with E-state index in [1.54, 1.807) is 35.0 Å². The fourth-order valence-corrected chi connectivity index (χ4v) is 3.60. The first-order chi connectivity index (χ1) is 13.3. The van der Waals surface area contributed by atoms with Crippen LogP contribution in [-0.4, -0.2) is 54.4 Å². The Morgan fingerprint density at radius 1 is 1.21 bits per heavy atom. The molecule has 2 N–H and O–H groups in total. The highest BCUT2D eigenvalue weighted by Crippen LogP contribution is 2.20. The summed E-state index contributed by atoms with van der Waals surface area (Å²) in [7, 11) is -0.604. The molecule has 0 unspecified atom stereocenters. The molecule has 2 aromatic carbocycles. The first-order valence-electron chi connectivity index (χ1n) is 8.34. The number of amides is 2. The van der Waals surface area contributed by atoms with Gasteiger partial charge in [-0.1, -0.05) is 28.9 Å². The summed E-state index contributed by atoms with van der Waals surface area (Å²) in [5, 5.41) is 13.9. The number of sulfonamides is 1. The predicted molar refractivity (Wildman–Crippen MR) is 107 cm³/mol. The number of benzene rings is 2. The van der Waals surface area contributed by atoms with Gasteiger partial charge in [0.25, 0.3) is 0 Å². The zero-order valence-electron chi connectivity index (χ0n) is 15.3. The summed E-state index contributed by atoms with van der Waals surface area (Å²) in [4.78, 5) is 12.1. The van der Waals surface area contributed by atoms with Crippen molar-refractivity contribution in [1.82, 2.24) is 24.6 Å². The molecule has 0 aliphatic heterocycles. The molecule has 28 heavy (non-hydrogen) atoms. The zero-order valence-corrected chi connectivity index (χ0v) is 16.8. The highest BCUT2D eigenvalue weighted by Gasteiger charge is 2.18. The van der Waals surface area contributed by atoms with Gasteiger partial charge in [0.05, 0.1) is 27.7 Å². The second-order valence-electron chi connectivity index (χ2n) is 6.11. The molecular weight excluding hydrogens is 404 g/mol. The quantitative estimate of drug-likeness (QED) is 0.632. The zero-order chi connectivity index (χ0) is 20.3. The van der Waals surface area contributed by atoms with Crippen molar-refractivity contribution in [2.24, 2.45) is 0 Å². The highest BCUT2D eigenvalue weighted by molar-refractivity contribution is 7.89. The lowest BCUT2D eigenvalue weighted by Gasteiger charge is -2.11. The van der Waals surface area contributed by atoms with Crippen LogP contribution in [-0.2, 0) is 16.6 Å². The Morgan fingerprint density at radius 2 is 1.96 bits per heavy atom. The predicted octanol–water partition coefficient (Wildman–Crippen LogP) is 2.16. The molecule has 0 atom stereocenters. The number of nitrogens with one attached hydrogen (secondary N) is 2. The Kier molecular flexibility index (Phi) is 5.82. The van der Waals surface area contributed by atoms with Crippen molar-refractivity contribution in [3.63, 3.8) is 0 Å². The molecule has 0 saturated carbocycles. The molecule has 9 nitrogen and oxygen atoms in total. The number of anilines is 1. The SMILES string of the molecule is CN(C)S(=O)(=O)c1ccc2c(c1)nnn2CCNC(=O)Nc1ccccc1Cl. The van der Waals surface area contributed by atoms with Gasteiger partial charge in [0.2, 0.25) is 10.0 Å². The van der Waals surface area contributed by atoms with E-state index in [1.807, 2.05) is 0 Å². The van der Waals surface area contributed by atoms with Crippen molar-refractivity contribution in [3.8, 4) is 0 Å². The van der Waals surface area contributed by atoms with Gasteiger partial charge in [-0.3, -0.25) is 0 Å². The van der Waals surface area contributed by atoms with Crippen molar-refractivity contribution in [2.75, 3.05) is 26.0 Å². The van der Waals surface area contributed by atoms with Crippen LogP contribution in [0.4, 0.5) is 10.5 Å². The van der Waals surface area contributed by atoms with E-state index in [1.165, 1.54) is 26.2 Å². The van der Waals surface area contributed by atoms with Gasteiger partial charge in [0.15, 0.2) is 0 Å². The van der Waals surface area contributed by atoms with Crippen molar-refractivity contribution in [3.05, 3.63) is 47.5 Å². The fourth-order valence-electron chi connectivity index (χ4n) is 2.49. The van der Waals surface area contributed by atoms with Crippen LogP contribution in [0.15, 0.2) is 47.4 Å². The molecule has 0 aliphatic carbocycles. The third-order valence-corrected chi connectivity index (χ3v) is 6.14. The average molecular weight is 423 g/mol. The molecule has 1 heterocycles. The standard InChI is InChI=1S/C17H19ClN6O3S/c1-23(2)28(26,27)12-7-8-16-15(11-12)21-22-24(16)10-9-19-17(25)20-14-6-4-3-5-13(14)18/h3-8,11H,9-10H2,1-2H3,(H2,19,20,25).